The van der Waals surface area contributed by atoms with Crippen LogP contribution in [0.2, 0.25) is 0 Å². The van der Waals surface area contributed by atoms with E-state index in [1.165, 1.54) is 4.31 Å². The first-order valence-corrected chi connectivity index (χ1v) is 8.42. The normalized spacial score (nSPS) is 12.4. The molecule has 6 heteroatoms. The first-order valence-electron chi connectivity index (χ1n) is 6.04. The van der Waals surface area contributed by atoms with Gasteiger partial charge < -0.3 is 4.42 Å². The van der Waals surface area contributed by atoms with E-state index < -0.39 is 15.3 Å². The molecule has 0 saturated carbocycles. The molecule has 0 amide bonds. The molecule has 0 unspecified atom stereocenters. The predicted molar refractivity (Wildman–Crippen MR) is 76.3 cm³/mol. The molecule has 2 aromatic rings. The van der Waals surface area contributed by atoms with Crippen LogP contribution in [0.4, 0.5) is 0 Å². The van der Waals surface area contributed by atoms with E-state index in [0.29, 0.717) is 12.3 Å². The van der Waals surface area contributed by atoms with Gasteiger partial charge in [-0.2, -0.15) is 4.31 Å². The highest BCUT2D eigenvalue weighted by Gasteiger charge is 2.27. The molecular weight excluding hydrogens is 282 g/mol. The topological polar surface area (TPSA) is 50.5 Å². The summed E-state index contributed by atoms with van der Waals surface area (Å²) >= 11 is 1.55. The molecule has 0 saturated heterocycles. The number of nitrogens with zero attached hydrogens (tertiary/aromatic N) is 1. The minimum atomic E-state index is -3.31. The van der Waals surface area contributed by atoms with Gasteiger partial charge in [-0.15, -0.1) is 11.3 Å². The number of rotatable bonds is 6. The number of hydrogen-bond donors (Lipinski definition) is 0. The van der Waals surface area contributed by atoms with Gasteiger partial charge in [-0.3, -0.25) is 0 Å². The van der Waals surface area contributed by atoms with Crippen LogP contribution in [0.5, 0.6) is 0 Å². The molecule has 0 bridgehead atoms. The summed E-state index contributed by atoms with van der Waals surface area (Å²) in [6.07, 6.45) is 1.56. The Bertz CT molecular complexity index is 550. The molecule has 2 heterocycles. The van der Waals surface area contributed by atoms with Crippen molar-refractivity contribution in [2.24, 2.45) is 0 Å². The molecular formula is C13H17NO3S2. The SMILES string of the molecule is CC(C)S(=O)(=O)N(Cc1ccco1)Cc1cccs1. The van der Waals surface area contributed by atoms with Gasteiger partial charge in [0.15, 0.2) is 0 Å². The lowest BCUT2D eigenvalue weighted by Crippen LogP contribution is -2.35. The molecule has 19 heavy (non-hydrogen) atoms. The number of sulfonamides is 1. The monoisotopic (exact) mass is 299 g/mol. The molecule has 0 aliphatic rings. The van der Waals surface area contributed by atoms with Crippen LogP contribution >= 0.6 is 11.3 Å². The Morgan fingerprint density at radius 1 is 1.26 bits per heavy atom. The van der Waals surface area contributed by atoms with Crippen LogP contribution in [0.15, 0.2) is 40.3 Å². The number of hydrogen-bond acceptors (Lipinski definition) is 4. The molecule has 0 spiro atoms. The van der Waals surface area contributed by atoms with Gasteiger partial charge in [0.05, 0.1) is 18.1 Å². The van der Waals surface area contributed by atoms with Crippen LogP contribution in [0, 0.1) is 0 Å². The summed E-state index contributed by atoms with van der Waals surface area (Å²) in [6.45, 7) is 4.04. The van der Waals surface area contributed by atoms with Crippen LogP contribution in [0.1, 0.15) is 24.5 Å². The van der Waals surface area contributed by atoms with Crippen molar-refractivity contribution in [1.82, 2.24) is 4.31 Å². The van der Waals surface area contributed by atoms with E-state index in [9.17, 15) is 8.42 Å². The van der Waals surface area contributed by atoms with Crippen molar-refractivity contribution in [1.29, 1.82) is 0 Å². The van der Waals surface area contributed by atoms with E-state index in [4.69, 9.17) is 4.42 Å². The maximum Gasteiger partial charge on any atom is 0.217 e. The van der Waals surface area contributed by atoms with Crippen molar-refractivity contribution in [3.8, 4) is 0 Å². The Morgan fingerprint density at radius 3 is 2.58 bits per heavy atom. The summed E-state index contributed by atoms with van der Waals surface area (Å²) in [4.78, 5) is 1.02. The van der Waals surface area contributed by atoms with Crippen molar-refractivity contribution in [2.75, 3.05) is 0 Å². The lowest BCUT2D eigenvalue weighted by Gasteiger charge is -2.22. The van der Waals surface area contributed by atoms with E-state index in [1.807, 2.05) is 17.5 Å². The lowest BCUT2D eigenvalue weighted by atomic mass is 10.4. The molecule has 0 N–H and O–H groups in total. The smallest absolute Gasteiger partial charge is 0.217 e. The van der Waals surface area contributed by atoms with E-state index in [2.05, 4.69) is 0 Å². The Hall–Kier alpha value is -1.11. The van der Waals surface area contributed by atoms with E-state index in [1.54, 1.807) is 43.6 Å². The highest BCUT2D eigenvalue weighted by molar-refractivity contribution is 7.89. The lowest BCUT2D eigenvalue weighted by molar-refractivity contribution is 0.357. The van der Waals surface area contributed by atoms with Crippen LogP contribution in [0.3, 0.4) is 0 Å². The minimum absolute atomic E-state index is 0.269. The van der Waals surface area contributed by atoms with Crippen molar-refractivity contribution < 1.29 is 12.8 Å². The zero-order valence-corrected chi connectivity index (χ0v) is 12.6. The first-order chi connectivity index (χ1) is 9.00. The zero-order valence-electron chi connectivity index (χ0n) is 10.9. The van der Waals surface area contributed by atoms with Crippen molar-refractivity contribution in [3.63, 3.8) is 0 Å². The average Bonchev–Trinajstić information content (AvgIpc) is 3.00. The average molecular weight is 299 g/mol. The molecule has 0 aliphatic carbocycles. The van der Waals surface area contributed by atoms with E-state index in [0.717, 1.165) is 4.88 Å². The molecule has 0 atom stereocenters. The van der Waals surface area contributed by atoms with Gasteiger partial charge in [-0.25, -0.2) is 8.42 Å². The Labute approximate surface area is 117 Å². The summed E-state index contributed by atoms with van der Waals surface area (Å²) in [5, 5.41) is 1.50. The van der Waals surface area contributed by atoms with Crippen LogP contribution < -0.4 is 0 Å². The molecule has 104 valence electrons. The standard InChI is InChI=1S/C13H17NO3S2/c1-11(2)19(15,16)14(9-12-5-3-7-17-12)10-13-6-4-8-18-13/h3-8,11H,9-10H2,1-2H3. The summed E-state index contributed by atoms with van der Waals surface area (Å²) in [6, 6.07) is 7.42. The zero-order chi connectivity index (χ0) is 13.9. The van der Waals surface area contributed by atoms with Crippen LogP contribution in [0.25, 0.3) is 0 Å². The summed E-state index contributed by atoms with van der Waals surface area (Å²) < 4.78 is 31.5. The minimum Gasteiger partial charge on any atom is -0.468 e. The third-order valence-electron chi connectivity index (χ3n) is 2.78. The third kappa shape index (κ3) is 3.46. The van der Waals surface area contributed by atoms with Gasteiger partial charge >= 0.3 is 0 Å². The van der Waals surface area contributed by atoms with Gasteiger partial charge in [0.2, 0.25) is 10.0 Å². The van der Waals surface area contributed by atoms with Crippen molar-refractivity contribution in [2.45, 2.75) is 32.2 Å². The Balaban J connectivity index is 2.23. The van der Waals surface area contributed by atoms with Gasteiger partial charge in [0.1, 0.15) is 5.76 Å². The van der Waals surface area contributed by atoms with E-state index >= 15 is 0 Å². The second-order valence-corrected chi connectivity index (χ2v) is 8.04. The van der Waals surface area contributed by atoms with E-state index in [-0.39, 0.29) is 6.54 Å². The largest absolute Gasteiger partial charge is 0.468 e. The quantitative estimate of drug-likeness (QED) is 0.823. The van der Waals surface area contributed by atoms with Gasteiger partial charge in [-0.05, 0) is 37.4 Å². The predicted octanol–water partition coefficient (Wildman–Crippen LogP) is 3.08. The fourth-order valence-electron chi connectivity index (χ4n) is 1.69. The highest BCUT2D eigenvalue weighted by Crippen LogP contribution is 2.20. The summed E-state index contributed by atoms with van der Waals surface area (Å²) in [5.74, 6) is 0.654. The second-order valence-electron chi connectivity index (χ2n) is 4.52. The molecule has 0 aromatic carbocycles. The van der Waals surface area contributed by atoms with Gasteiger partial charge in [0, 0.05) is 11.4 Å². The molecule has 0 radical (unpaired) electrons. The third-order valence-corrected chi connectivity index (χ3v) is 5.81. The Kier molecular flexibility index (Phi) is 4.44. The number of thiophene rings is 1. The fourth-order valence-corrected chi connectivity index (χ4v) is 3.71. The van der Waals surface area contributed by atoms with Crippen LogP contribution in [-0.4, -0.2) is 18.0 Å². The fraction of sp³-hybridized carbons (Fsp3) is 0.385. The summed E-state index contributed by atoms with van der Waals surface area (Å²) in [7, 11) is -3.31. The van der Waals surface area contributed by atoms with Crippen molar-refractivity contribution in [3.05, 3.63) is 46.5 Å². The molecule has 4 nitrogen and oxygen atoms in total. The molecule has 2 rings (SSSR count). The van der Waals surface area contributed by atoms with Crippen LogP contribution in [-0.2, 0) is 23.1 Å². The maximum atomic E-state index is 12.4. The Morgan fingerprint density at radius 2 is 2.05 bits per heavy atom. The van der Waals surface area contributed by atoms with Gasteiger partial charge in [-0.1, -0.05) is 6.07 Å². The second kappa shape index (κ2) is 5.90. The molecule has 0 aliphatic heterocycles. The maximum absolute atomic E-state index is 12.4. The highest BCUT2D eigenvalue weighted by atomic mass is 32.2. The van der Waals surface area contributed by atoms with Crippen molar-refractivity contribution >= 4 is 21.4 Å². The first kappa shape index (κ1) is 14.3. The van der Waals surface area contributed by atoms with Gasteiger partial charge in [0.25, 0.3) is 0 Å². The molecule has 0 fully saturated rings. The summed E-state index contributed by atoms with van der Waals surface area (Å²) in [5.41, 5.74) is 0. The number of furan rings is 1. The molecule has 2 aromatic heterocycles.